The highest BCUT2D eigenvalue weighted by Gasteiger charge is 2.37. The summed E-state index contributed by atoms with van der Waals surface area (Å²) in [5.74, 6) is 0.886. The van der Waals surface area contributed by atoms with E-state index in [2.05, 4.69) is 12.2 Å². The molecule has 2 aromatic rings. The van der Waals surface area contributed by atoms with Crippen LogP contribution in [-0.4, -0.2) is 18.1 Å². The molecule has 1 aliphatic rings. The molecule has 1 fully saturated rings. The smallest absolute Gasteiger partial charge is 0.201 e. The van der Waals surface area contributed by atoms with Crippen LogP contribution in [0.25, 0.3) is 11.1 Å². The maximum absolute atomic E-state index is 6.10. The van der Waals surface area contributed by atoms with Crippen molar-refractivity contribution in [2.75, 3.05) is 13.1 Å². The van der Waals surface area contributed by atoms with E-state index in [1.807, 2.05) is 19.1 Å². The minimum Gasteiger partial charge on any atom is -0.440 e. The number of aryl methyl sites for hydroxylation is 1. The van der Waals surface area contributed by atoms with Gasteiger partial charge in [0.05, 0.1) is 0 Å². The molecule has 0 aliphatic carbocycles. The SMILES string of the molecule is CCC1(c2nc3cc(Cl)cc(C)c3o2)CCNCC1. The van der Waals surface area contributed by atoms with Crippen LogP contribution < -0.4 is 5.32 Å². The lowest BCUT2D eigenvalue weighted by atomic mass is 9.76. The quantitative estimate of drug-likeness (QED) is 0.907. The fraction of sp³-hybridized carbons (Fsp3) is 0.533. The first-order valence-electron chi connectivity index (χ1n) is 6.92. The first kappa shape index (κ1) is 12.9. The van der Waals surface area contributed by atoms with Crippen LogP contribution in [0.15, 0.2) is 16.5 Å². The predicted molar refractivity (Wildman–Crippen MR) is 77.8 cm³/mol. The molecule has 1 aromatic carbocycles. The normalized spacial score (nSPS) is 18.9. The Morgan fingerprint density at radius 2 is 2.11 bits per heavy atom. The lowest BCUT2D eigenvalue weighted by Crippen LogP contribution is -2.39. The van der Waals surface area contributed by atoms with Gasteiger partial charge in [-0.05, 0) is 57.0 Å². The Hall–Kier alpha value is -1.06. The van der Waals surface area contributed by atoms with Gasteiger partial charge in [0.1, 0.15) is 5.52 Å². The first-order valence-corrected chi connectivity index (χ1v) is 7.30. The number of benzene rings is 1. The summed E-state index contributed by atoms with van der Waals surface area (Å²) in [6.45, 7) is 6.31. The molecule has 0 amide bonds. The molecular formula is C15H19ClN2O. The van der Waals surface area contributed by atoms with Gasteiger partial charge < -0.3 is 9.73 Å². The fourth-order valence-corrected chi connectivity index (χ4v) is 3.27. The van der Waals surface area contributed by atoms with E-state index < -0.39 is 0 Å². The van der Waals surface area contributed by atoms with E-state index in [4.69, 9.17) is 21.0 Å². The molecule has 0 unspecified atom stereocenters. The van der Waals surface area contributed by atoms with Crippen molar-refractivity contribution in [2.45, 2.75) is 38.5 Å². The number of rotatable bonds is 2. The Morgan fingerprint density at radius 1 is 1.37 bits per heavy atom. The van der Waals surface area contributed by atoms with Gasteiger partial charge in [0.2, 0.25) is 5.89 Å². The number of halogens is 1. The Labute approximate surface area is 118 Å². The lowest BCUT2D eigenvalue weighted by Gasteiger charge is -2.33. The van der Waals surface area contributed by atoms with Gasteiger partial charge in [-0.1, -0.05) is 18.5 Å². The number of fused-ring (bicyclic) bond motifs is 1. The van der Waals surface area contributed by atoms with Crippen LogP contribution in [0.5, 0.6) is 0 Å². The van der Waals surface area contributed by atoms with Crippen LogP contribution in [0, 0.1) is 6.92 Å². The molecule has 1 N–H and O–H groups in total. The van der Waals surface area contributed by atoms with Gasteiger partial charge in [-0.3, -0.25) is 0 Å². The van der Waals surface area contributed by atoms with Gasteiger partial charge in [0.15, 0.2) is 5.58 Å². The summed E-state index contributed by atoms with van der Waals surface area (Å²) in [6, 6.07) is 3.82. The maximum atomic E-state index is 6.10. The minimum absolute atomic E-state index is 0.0865. The van der Waals surface area contributed by atoms with Crippen LogP contribution in [0.3, 0.4) is 0 Å². The highest BCUT2D eigenvalue weighted by molar-refractivity contribution is 6.31. The van der Waals surface area contributed by atoms with Crippen molar-refractivity contribution >= 4 is 22.7 Å². The second-order valence-corrected chi connectivity index (χ2v) is 5.91. The Bertz CT molecular complexity index is 599. The van der Waals surface area contributed by atoms with Crippen molar-refractivity contribution in [1.29, 1.82) is 0 Å². The van der Waals surface area contributed by atoms with Crippen molar-refractivity contribution < 1.29 is 4.42 Å². The summed E-state index contributed by atoms with van der Waals surface area (Å²) in [7, 11) is 0. The van der Waals surface area contributed by atoms with Crippen LogP contribution in [0.4, 0.5) is 0 Å². The van der Waals surface area contributed by atoms with E-state index in [0.717, 1.165) is 59.9 Å². The molecule has 0 radical (unpaired) electrons. The number of hydrogen-bond donors (Lipinski definition) is 1. The molecule has 0 bridgehead atoms. The summed E-state index contributed by atoms with van der Waals surface area (Å²) in [5.41, 5.74) is 2.90. The largest absolute Gasteiger partial charge is 0.440 e. The van der Waals surface area contributed by atoms with Crippen molar-refractivity contribution in [1.82, 2.24) is 10.3 Å². The monoisotopic (exact) mass is 278 g/mol. The molecule has 1 aliphatic heterocycles. The van der Waals surface area contributed by atoms with Crippen LogP contribution in [0.2, 0.25) is 5.02 Å². The summed E-state index contributed by atoms with van der Waals surface area (Å²) in [6.07, 6.45) is 3.24. The Morgan fingerprint density at radius 3 is 2.79 bits per heavy atom. The molecule has 0 saturated carbocycles. The van der Waals surface area contributed by atoms with E-state index in [9.17, 15) is 0 Å². The molecule has 0 spiro atoms. The summed E-state index contributed by atoms with van der Waals surface area (Å²) in [4.78, 5) is 4.72. The zero-order chi connectivity index (χ0) is 13.5. The number of nitrogens with zero attached hydrogens (tertiary/aromatic N) is 1. The molecule has 19 heavy (non-hydrogen) atoms. The highest BCUT2D eigenvalue weighted by Crippen LogP contribution is 2.38. The summed E-state index contributed by atoms with van der Waals surface area (Å²) < 4.78 is 6.09. The van der Waals surface area contributed by atoms with Gasteiger partial charge in [0, 0.05) is 10.4 Å². The molecule has 1 aromatic heterocycles. The van der Waals surface area contributed by atoms with E-state index in [1.54, 1.807) is 0 Å². The standard InChI is InChI=1S/C15H19ClN2O/c1-3-15(4-6-17-7-5-15)14-18-12-9-11(16)8-10(2)13(12)19-14/h8-9,17H,3-7H2,1-2H3. The zero-order valence-electron chi connectivity index (χ0n) is 11.4. The van der Waals surface area contributed by atoms with E-state index in [1.165, 1.54) is 0 Å². The van der Waals surface area contributed by atoms with E-state index >= 15 is 0 Å². The number of piperidine rings is 1. The average Bonchev–Trinajstić information content (AvgIpc) is 2.84. The van der Waals surface area contributed by atoms with Crippen molar-refractivity contribution in [3.05, 3.63) is 28.6 Å². The Kier molecular flexibility index (Phi) is 3.27. The second kappa shape index (κ2) is 4.80. The molecule has 3 nitrogen and oxygen atoms in total. The zero-order valence-corrected chi connectivity index (χ0v) is 12.2. The molecule has 4 heteroatoms. The van der Waals surface area contributed by atoms with Gasteiger partial charge in [-0.15, -0.1) is 0 Å². The van der Waals surface area contributed by atoms with E-state index in [-0.39, 0.29) is 5.41 Å². The van der Waals surface area contributed by atoms with Crippen molar-refractivity contribution in [3.63, 3.8) is 0 Å². The molecule has 1 saturated heterocycles. The van der Waals surface area contributed by atoms with Crippen LogP contribution >= 0.6 is 11.6 Å². The Balaban J connectivity index is 2.11. The topological polar surface area (TPSA) is 38.1 Å². The number of oxazole rings is 1. The third kappa shape index (κ3) is 2.15. The first-order chi connectivity index (χ1) is 9.14. The van der Waals surface area contributed by atoms with Gasteiger partial charge in [-0.25, -0.2) is 4.98 Å². The summed E-state index contributed by atoms with van der Waals surface area (Å²) in [5, 5.41) is 4.13. The molecule has 2 heterocycles. The van der Waals surface area contributed by atoms with Crippen molar-refractivity contribution in [2.24, 2.45) is 0 Å². The molecular weight excluding hydrogens is 260 g/mol. The maximum Gasteiger partial charge on any atom is 0.201 e. The van der Waals surface area contributed by atoms with E-state index in [0.29, 0.717) is 0 Å². The van der Waals surface area contributed by atoms with Gasteiger partial charge in [-0.2, -0.15) is 0 Å². The predicted octanol–water partition coefficient (Wildman–Crippen LogP) is 3.82. The number of hydrogen-bond acceptors (Lipinski definition) is 3. The second-order valence-electron chi connectivity index (χ2n) is 5.47. The molecule has 102 valence electrons. The fourth-order valence-electron chi connectivity index (χ4n) is 3.01. The van der Waals surface area contributed by atoms with Crippen molar-refractivity contribution in [3.8, 4) is 0 Å². The third-order valence-corrected chi connectivity index (χ3v) is 4.55. The lowest BCUT2D eigenvalue weighted by molar-refractivity contribution is 0.243. The minimum atomic E-state index is 0.0865. The number of nitrogens with one attached hydrogen (secondary N) is 1. The number of aromatic nitrogens is 1. The highest BCUT2D eigenvalue weighted by atomic mass is 35.5. The average molecular weight is 279 g/mol. The summed E-state index contributed by atoms with van der Waals surface area (Å²) >= 11 is 6.10. The van der Waals surface area contributed by atoms with Crippen LogP contribution in [-0.2, 0) is 5.41 Å². The molecule has 3 rings (SSSR count). The van der Waals surface area contributed by atoms with Crippen LogP contribution in [0.1, 0.15) is 37.6 Å². The van der Waals surface area contributed by atoms with Gasteiger partial charge in [0.25, 0.3) is 0 Å². The van der Waals surface area contributed by atoms with Gasteiger partial charge >= 0.3 is 0 Å². The molecule has 0 atom stereocenters. The third-order valence-electron chi connectivity index (χ3n) is 4.33.